The van der Waals surface area contributed by atoms with Gasteiger partial charge in [-0.25, -0.2) is 0 Å². The van der Waals surface area contributed by atoms with Crippen LogP contribution in [0.1, 0.15) is 35.8 Å². The Balaban J connectivity index is 1.69. The second-order valence-electron chi connectivity index (χ2n) is 6.78. The Morgan fingerprint density at radius 2 is 1.04 bits per heavy atom. The molecule has 3 atom stereocenters. The smallest absolute Gasteiger partial charge is 0.191 e. The largest absolute Gasteiger partial charge is 0.380 e. The molecule has 0 amide bonds. The van der Waals surface area contributed by atoms with E-state index in [4.69, 9.17) is 9.47 Å². The first-order chi connectivity index (χ1) is 12.7. The summed E-state index contributed by atoms with van der Waals surface area (Å²) in [5, 5.41) is 11.2. The van der Waals surface area contributed by atoms with Crippen molar-refractivity contribution < 1.29 is 14.6 Å². The van der Waals surface area contributed by atoms with Crippen molar-refractivity contribution in [2.75, 3.05) is 0 Å². The van der Waals surface area contributed by atoms with Gasteiger partial charge in [0.1, 0.15) is 17.8 Å². The summed E-state index contributed by atoms with van der Waals surface area (Å²) in [7, 11) is 0. The highest BCUT2D eigenvalue weighted by atomic mass is 16.7. The maximum atomic E-state index is 11.2. The SMILES string of the molecule is C[C@@](O)(c1ccccc1)C1O[C@H](c2ccccc2)[C@@H](c2ccccc2)O1. The van der Waals surface area contributed by atoms with Crippen molar-refractivity contribution in [1.29, 1.82) is 0 Å². The average Bonchev–Trinajstić information content (AvgIpc) is 3.16. The van der Waals surface area contributed by atoms with Crippen LogP contribution in [-0.2, 0) is 15.1 Å². The third-order valence-electron chi connectivity index (χ3n) is 4.89. The Hall–Kier alpha value is -2.46. The molecule has 0 radical (unpaired) electrons. The van der Waals surface area contributed by atoms with Crippen LogP contribution in [0.25, 0.3) is 0 Å². The second kappa shape index (κ2) is 7.04. The summed E-state index contributed by atoms with van der Waals surface area (Å²) in [6.07, 6.45) is -1.32. The molecule has 1 heterocycles. The lowest BCUT2D eigenvalue weighted by Gasteiger charge is -2.29. The van der Waals surface area contributed by atoms with Crippen molar-refractivity contribution in [3.63, 3.8) is 0 Å². The first kappa shape index (κ1) is 17.0. The van der Waals surface area contributed by atoms with Gasteiger partial charge in [0, 0.05) is 0 Å². The van der Waals surface area contributed by atoms with E-state index < -0.39 is 11.9 Å². The maximum absolute atomic E-state index is 11.2. The molecule has 0 aliphatic carbocycles. The van der Waals surface area contributed by atoms with Gasteiger partial charge in [0.15, 0.2) is 6.29 Å². The lowest BCUT2D eigenvalue weighted by Crippen LogP contribution is -2.37. The van der Waals surface area contributed by atoms with Gasteiger partial charge in [-0.3, -0.25) is 0 Å². The van der Waals surface area contributed by atoms with E-state index in [1.165, 1.54) is 0 Å². The third-order valence-corrected chi connectivity index (χ3v) is 4.89. The predicted octanol–water partition coefficient (Wildman–Crippen LogP) is 4.75. The minimum Gasteiger partial charge on any atom is -0.380 e. The van der Waals surface area contributed by atoms with Crippen LogP contribution in [0.5, 0.6) is 0 Å². The molecule has 1 fully saturated rings. The van der Waals surface area contributed by atoms with Gasteiger partial charge in [0.05, 0.1) is 0 Å². The molecule has 0 aromatic heterocycles. The fourth-order valence-electron chi connectivity index (χ4n) is 3.41. The summed E-state index contributed by atoms with van der Waals surface area (Å²) in [6, 6.07) is 29.6. The van der Waals surface area contributed by atoms with Crippen LogP contribution in [0.2, 0.25) is 0 Å². The lowest BCUT2D eigenvalue weighted by atomic mass is 9.95. The van der Waals surface area contributed by atoms with Gasteiger partial charge >= 0.3 is 0 Å². The first-order valence-electron chi connectivity index (χ1n) is 8.85. The molecule has 0 saturated carbocycles. The van der Waals surface area contributed by atoms with Crippen LogP contribution in [0.15, 0.2) is 91.0 Å². The molecular weight excluding hydrogens is 324 g/mol. The summed E-state index contributed by atoms with van der Waals surface area (Å²) >= 11 is 0. The van der Waals surface area contributed by atoms with Crippen LogP contribution < -0.4 is 0 Å². The highest BCUT2D eigenvalue weighted by Crippen LogP contribution is 2.47. The molecule has 1 aliphatic heterocycles. The van der Waals surface area contributed by atoms with Crippen molar-refractivity contribution in [3.8, 4) is 0 Å². The fraction of sp³-hybridized carbons (Fsp3) is 0.217. The molecule has 132 valence electrons. The summed E-state index contributed by atoms with van der Waals surface area (Å²) < 4.78 is 12.5. The highest BCUT2D eigenvalue weighted by molar-refractivity contribution is 5.28. The molecule has 3 heteroatoms. The molecular formula is C23H22O3. The quantitative estimate of drug-likeness (QED) is 0.741. The van der Waals surface area contributed by atoms with Gasteiger partial charge in [0.2, 0.25) is 0 Å². The Morgan fingerprint density at radius 3 is 1.46 bits per heavy atom. The normalized spacial score (nSPS) is 22.8. The molecule has 1 N–H and O–H groups in total. The molecule has 0 spiro atoms. The molecule has 3 nitrogen and oxygen atoms in total. The lowest BCUT2D eigenvalue weighted by molar-refractivity contribution is -0.191. The number of hydrogen-bond acceptors (Lipinski definition) is 3. The van der Waals surface area contributed by atoms with Gasteiger partial charge in [0.25, 0.3) is 0 Å². The van der Waals surface area contributed by atoms with Crippen LogP contribution in [0.4, 0.5) is 0 Å². The van der Waals surface area contributed by atoms with E-state index in [1.807, 2.05) is 91.0 Å². The molecule has 3 aromatic carbocycles. The number of rotatable bonds is 4. The standard InChI is InChI=1S/C23H22O3/c1-23(24,19-15-9-4-10-16-19)22-25-20(17-11-5-2-6-12-17)21(26-22)18-13-7-3-8-14-18/h2-16,20-22,24H,1H3/t20-,21-,23-/m1/s1. The highest BCUT2D eigenvalue weighted by Gasteiger charge is 2.47. The number of hydrogen-bond donors (Lipinski definition) is 1. The molecule has 0 bridgehead atoms. The predicted molar refractivity (Wildman–Crippen MR) is 100 cm³/mol. The minimum absolute atomic E-state index is 0.279. The maximum Gasteiger partial charge on any atom is 0.191 e. The van der Waals surface area contributed by atoms with Gasteiger partial charge in [-0.2, -0.15) is 0 Å². The van der Waals surface area contributed by atoms with Crippen molar-refractivity contribution in [2.24, 2.45) is 0 Å². The summed E-state index contributed by atoms with van der Waals surface area (Å²) in [5.41, 5.74) is 1.59. The fourth-order valence-corrected chi connectivity index (χ4v) is 3.41. The third kappa shape index (κ3) is 3.17. The zero-order valence-electron chi connectivity index (χ0n) is 14.7. The monoisotopic (exact) mass is 346 g/mol. The van der Waals surface area contributed by atoms with Gasteiger partial charge < -0.3 is 14.6 Å². The van der Waals surface area contributed by atoms with Crippen molar-refractivity contribution in [3.05, 3.63) is 108 Å². The van der Waals surface area contributed by atoms with Crippen molar-refractivity contribution >= 4 is 0 Å². The summed E-state index contributed by atoms with van der Waals surface area (Å²) in [5.74, 6) is 0. The molecule has 3 aromatic rings. The second-order valence-corrected chi connectivity index (χ2v) is 6.78. The van der Waals surface area contributed by atoms with Crippen LogP contribution in [-0.4, -0.2) is 11.4 Å². The Kier molecular flexibility index (Phi) is 4.60. The van der Waals surface area contributed by atoms with Crippen LogP contribution >= 0.6 is 0 Å². The molecule has 4 rings (SSSR count). The van der Waals surface area contributed by atoms with E-state index >= 15 is 0 Å². The minimum atomic E-state index is -1.25. The average molecular weight is 346 g/mol. The van der Waals surface area contributed by atoms with Crippen LogP contribution in [0, 0.1) is 0 Å². The van der Waals surface area contributed by atoms with E-state index in [0.717, 1.165) is 16.7 Å². The topological polar surface area (TPSA) is 38.7 Å². The van der Waals surface area contributed by atoms with E-state index in [9.17, 15) is 5.11 Å². The van der Waals surface area contributed by atoms with Crippen molar-refractivity contribution in [2.45, 2.75) is 31.0 Å². The zero-order chi connectivity index (χ0) is 18.0. The molecule has 1 aliphatic rings. The molecule has 1 saturated heterocycles. The van der Waals surface area contributed by atoms with Crippen molar-refractivity contribution in [1.82, 2.24) is 0 Å². The Morgan fingerprint density at radius 1 is 0.654 bits per heavy atom. The molecule has 0 unspecified atom stereocenters. The summed E-state index contributed by atoms with van der Waals surface area (Å²) in [6.45, 7) is 1.74. The van der Waals surface area contributed by atoms with Crippen LogP contribution in [0.3, 0.4) is 0 Å². The van der Waals surface area contributed by atoms with Gasteiger partial charge in [-0.15, -0.1) is 0 Å². The zero-order valence-corrected chi connectivity index (χ0v) is 14.7. The Labute approximate surface area is 153 Å². The van der Waals surface area contributed by atoms with E-state index in [-0.39, 0.29) is 12.2 Å². The van der Waals surface area contributed by atoms with Gasteiger partial charge in [-0.1, -0.05) is 91.0 Å². The van der Waals surface area contributed by atoms with E-state index in [0.29, 0.717) is 0 Å². The van der Waals surface area contributed by atoms with E-state index in [1.54, 1.807) is 6.92 Å². The Bertz CT molecular complexity index is 784. The van der Waals surface area contributed by atoms with Gasteiger partial charge in [-0.05, 0) is 23.6 Å². The number of benzene rings is 3. The number of aliphatic hydroxyl groups is 1. The van der Waals surface area contributed by atoms with E-state index in [2.05, 4.69) is 0 Å². The molecule has 26 heavy (non-hydrogen) atoms. The number of ether oxygens (including phenoxy) is 2. The summed E-state index contributed by atoms with van der Waals surface area (Å²) in [4.78, 5) is 0. The first-order valence-corrected chi connectivity index (χ1v) is 8.85.